The fraction of sp³-hybridized carbons (Fsp3) is 0.100. The van der Waals surface area contributed by atoms with Gasteiger partial charge in [-0.25, -0.2) is 17.9 Å². The molecule has 0 aliphatic carbocycles. The van der Waals surface area contributed by atoms with Crippen molar-refractivity contribution in [3.8, 4) is 0 Å². The van der Waals surface area contributed by atoms with Gasteiger partial charge in [0.1, 0.15) is 5.82 Å². The molecule has 0 saturated heterocycles. The number of hydrogen-bond acceptors (Lipinski definition) is 5. The van der Waals surface area contributed by atoms with Crippen molar-refractivity contribution < 1.29 is 18.3 Å². The van der Waals surface area contributed by atoms with Crippen LogP contribution in [0.1, 0.15) is 16.2 Å². The summed E-state index contributed by atoms with van der Waals surface area (Å²) in [5.41, 5.74) is 0.00712. The van der Waals surface area contributed by atoms with Gasteiger partial charge in [-0.05, 0) is 31.2 Å². The summed E-state index contributed by atoms with van der Waals surface area (Å²) in [5.74, 6) is -0.722. The van der Waals surface area contributed by atoms with Crippen LogP contribution >= 0.6 is 0 Å². The number of nitrogens with one attached hydrogen (secondary N) is 2. The van der Waals surface area contributed by atoms with Crippen LogP contribution in [0.3, 0.4) is 0 Å². The fourth-order valence-electron chi connectivity index (χ4n) is 1.34. The minimum absolute atomic E-state index is 0.00712. The van der Waals surface area contributed by atoms with Gasteiger partial charge in [0.15, 0.2) is 0 Å². The van der Waals surface area contributed by atoms with Gasteiger partial charge in [0.2, 0.25) is 0 Å². The zero-order valence-corrected chi connectivity index (χ0v) is 10.6. The molecule has 0 fully saturated rings. The van der Waals surface area contributed by atoms with Crippen molar-refractivity contribution in [1.82, 2.24) is 15.2 Å². The van der Waals surface area contributed by atoms with Gasteiger partial charge >= 0.3 is 5.97 Å². The van der Waals surface area contributed by atoms with E-state index in [0.717, 1.165) is 0 Å². The van der Waals surface area contributed by atoms with E-state index in [1.54, 1.807) is 6.92 Å². The second kappa shape index (κ2) is 4.69. The van der Waals surface area contributed by atoms with Gasteiger partial charge in [0.25, 0.3) is 16.0 Å². The molecule has 100 valence electrons. The smallest absolute Gasteiger partial charge is 0.335 e. The summed E-state index contributed by atoms with van der Waals surface area (Å²) in [6.07, 6.45) is 0. The lowest BCUT2D eigenvalue weighted by molar-refractivity contribution is 0.0696. The van der Waals surface area contributed by atoms with Gasteiger partial charge in [-0.1, -0.05) is 0 Å². The number of nitrogens with zero attached hydrogens (tertiary/aromatic N) is 2. The minimum atomic E-state index is -3.83. The third kappa shape index (κ3) is 2.88. The van der Waals surface area contributed by atoms with E-state index >= 15 is 0 Å². The number of aromatic carboxylic acids is 1. The Labute approximate surface area is 108 Å². The summed E-state index contributed by atoms with van der Waals surface area (Å²) in [6, 6.07) is 4.82. The van der Waals surface area contributed by atoms with Gasteiger partial charge in [-0.15, -0.1) is 5.10 Å². The van der Waals surface area contributed by atoms with Crippen molar-refractivity contribution in [3.05, 3.63) is 35.7 Å². The molecule has 3 N–H and O–H groups in total. The standard InChI is InChI=1S/C10H10N4O4S/c1-6-11-10(13-12-6)14-19(17,18)8-4-2-7(3-5-8)9(15)16/h2-5H,1H3,(H,15,16)(H2,11,12,13,14). The van der Waals surface area contributed by atoms with E-state index < -0.39 is 16.0 Å². The SMILES string of the molecule is Cc1nc(NS(=O)(=O)c2ccc(C(=O)O)cc2)n[nH]1. The maximum atomic E-state index is 11.9. The van der Waals surface area contributed by atoms with E-state index in [-0.39, 0.29) is 16.4 Å². The lowest BCUT2D eigenvalue weighted by atomic mass is 10.2. The molecule has 0 atom stereocenters. The van der Waals surface area contributed by atoms with E-state index in [0.29, 0.717) is 5.82 Å². The van der Waals surface area contributed by atoms with E-state index in [4.69, 9.17) is 5.11 Å². The second-order valence-corrected chi connectivity index (χ2v) is 5.36. The molecule has 0 aliphatic heterocycles. The molecule has 0 aliphatic rings. The maximum Gasteiger partial charge on any atom is 0.335 e. The van der Waals surface area contributed by atoms with Gasteiger partial charge in [-0.3, -0.25) is 5.10 Å². The number of carbonyl (C=O) groups is 1. The Kier molecular flexibility index (Phi) is 3.21. The van der Waals surface area contributed by atoms with E-state index in [1.807, 2.05) is 0 Å². The first-order valence-electron chi connectivity index (χ1n) is 5.14. The molecule has 8 nitrogen and oxygen atoms in total. The lowest BCUT2D eigenvalue weighted by Crippen LogP contribution is -2.14. The number of sulfonamides is 1. The number of rotatable bonds is 4. The van der Waals surface area contributed by atoms with Crippen molar-refractivity contribution in [2.75, 3.05) is 4.72 Å². The minimum Gasteiger partial charge on any atom is -0.478 e. The lowest BCUT2D eigenvalue weighted by Gasteiger charge is -2.04. The Morgan fingerprint density at radius 1 is 1.32 bits per heavy atom. The molecule has 1 aromatic heterocycles. The monoisotopic (exact) mass is 282 g/mol. The predicted molar refractivity (Wildman–Crippen MR) is 65.3 cm³/mol. The fourth-order valence-corrected chi connectivity index (χ4v) is 2.29. The molecule has 0 radical (unpaired) electrons. The van der Waals surface area contributed by atoms with Gasteiger partial charge in [0.05, 0.1) is 10.5 Å². The van der Waals surface area contributed by atoms with Crippen LogP contribution in [0.2, 0.25) is 0 Å². The van der Waals surface area contributed by atoms with Crippen LogP contribution in [0, 0.1) is 6.92 Å². The van der Waals surface area contributed by atoms with Crippen molar-refractivity contribution in [3.63, 3.8) is 0 Å². The molecule has 9 heteroatoms. The number of benzene rings is 1. The van der Waals surface area contributed by atoms with Crippen LogP contribution in [0.25, 0.3) is 0 Å². The largest absolute Gasteiger partial charge is 0.478 e. The summed E-state index contributed by atoms with van der Waals surface area (Å²) in [6.45, 7) is 1.63. The van der Waals surface area contributed by atoms with Crippen LogP contribution in [-0.4, -0.2) is 34.7 Å². The Balaban J connectivity index is 2.26. The molecule has 19 heavy (non-hydrogen) atoms. The predicted octanol–water partition coefficient (Wildman–Crippen LogP) is 0.612. The second-order valence-electron chi connectivity index (χ2n) is 3.68. The molecule has 2 rings (SSSR count). The molecule has 1 aromatic carbocycles. The molecule has 0 spiro atoms. The highest BCUT2D eigenvalue weighted by Crippen LogP contribution is 2.14. The zero-order chi connectivity index (χ0) is 14.0. The van der Waals surface area contributed by atoms with E-state index in [2.05, 4.69) is 19.9 Å². The molecular formula is C10H10N4O4S. The number of carboxylic acids is 1. The van der Waals surface area contributed by atoms with Crippen molar-refractivity contribution in [1.29, 1.82) is 0 Å². The average Bonchev–Trinajstić information content (AvgIpc) is 2.74. The van der Waals surface area contributed by atoms with Crippen LogP contribution in [0.5, 0.6) is 0 Å². The van der Waals surface area contributed by atoms with E-state index in [1.165, 1.54) is 24.3 Å². The van der Waals surface area contributed by atoms with Gasteiger partial charge in [0, 0.05) is 0 Å². The Hall–Kier alpha value is -2.42. The molecule has 0 bridgehead atoms. The Morgan fingerprint density at radius 3 is 2.42 bits per heavy atom. The van der Waals surface area contributed by atoms with Gasteiger partial charge < -0.3 is 5.11 Å². The van der Waals surface area contributed by atoms with Crippen LogP contribution < -0.4 is 4.72 Å². The molecule has 0 amide bonds. The number of aryl methyl sites for hydroxylation is 1. The Morgan fingerprint density at radius 2 is 1.95 bits per heavy atom. The number of H-pyrrole nitrogens is 1. The third-order valence-corrected chi connectivity index (χ3v) is 3.58. The van der Waals surface area contributed by atoms with Crippen molar-refractivity contribution in [2.24, 2.45) is 0 Å². The highest BCUT2D eigenvalue weighted by Gasteiger charge is 2.16. The van der Waals surface area contributed by atoms with Gasteiger partial charge in [-0.2, -0.15) is 4.98 Å². The van der Waals surface area contributed by atoms with Crippen molar-refractivity contribution >= 4 is 21.9 Å². The topological polar surface area (TPSA) is 125 Å². The molecule has 0 saturated carbocycles. The summed E-state index contributed by atoms with van der Waals surface area (Å²) in [5, 5.41) is 14.9. The number of aromatic nitrogens is 3. The molecule has 2 aromatic rings. The number of aromatic amines is 1. The Bertz CT molecular complexity index is 705. The van der Waals surface area contributed by atoms with Crippen LogP contribution in [0.15, 0.2) is 29.2 Å². The maximum absolute atomic E-state index is 11.9. The number of anilines is 1. The first-order valence-corrected chi connectivity index (χ1v) is 6.62. The summed E-state index contributed by atoms with van der Waals surface area (Å²) >= 11 is 0. The summed E-state index contributed by atoms with van der Waals surface area (Å²) in [7, 11) is -3.83. The van der Waals surface area contributed by atoms with Crippen LogP contribution in [-0.2, 0) is 10.0 Å². The number of carboxylic acid groups (broad SMARTS) is 1. The summed E-state index contributed by atoms with van der Waals surface area (Å²) in [4.78, 5) is 14.4. The van der Waals surface area contributed by atoms with Crippen molar-refractivity contribution in [2.45, 2.75) is 11.8 Å². The summed E-state index contributed by atoms with van der Waals surface area (Å²) < 4.78 is 26.1. The first-order chi connectivity index (χ1) is 8.88. The van der Waals surface area contributed by atoms with E-state index in [9.17, 15) is 13.2 Å². The zero-order valence-electron chi connectivity index (χ0n) is 9.78. The average molecular weight is 282 g/mol. The molecule has 1 heterocycles. The quantitative estimate of drug-likeness (QED) is 0.754. The molecular weight excluding hydrogens is 272 g/mol. The normalized spacial score (nSPS) is 11.2. The number of hydrogen-bond donors (Lipinski definition) is 3. The highest BCUT2D eigenvalue weighted by atomic mass is 32.2. The third-order valence-electron chi connectivity index (χ3n) is 2.23. The molecule has 0 unspecified atom stereocenters. The first kappa shape index (κ1) is 13.0. The highest BCUT2D eigenvalue weighted by molar-refractivity contribution is 7.92. The van der Waals surface area contributed by atoms with Crippen LogP contribution in [0.4, 0.5) is 5.95 Å².